The first kappa shape index (κ1) is 17.4. The average molecular weight is 389 g/mol. The minimum atomic E-state index is -0.976. The fourth-order valence-corrected chi connectivity index (χ4v) is 3.50. The molecule has 0 bridgehead atoms. The molecule has 3 nitrogen and oxygen atoms in total. The van der Waals surface area contributed by atoms with Gasteiger partial charge in [0.25, 0.3) is 0 Å². The summed E-state index contributed by atoms with van der Waals surface area (Å²) < 4.78 is 43.2. The Morgan fingerprint density at radius 3 is 2.34 bits per heavy atom. The highest BCUT2D eigenvalue weighted by Gasteiger charge is 2.19. The van der Waals surface area contributed by atoms with Crippen LogP contribution in [-0.4, -0.2) is 14.8 Å². The Kier molecular flexibility index (Phi) is 3.87. The molecule has 2 aromatic heterocycles. The molecule has 0 spiro atoms. The van der Waals surface area contributed by atoms with E-state index in [-0.39, 0.29) is 0 Å². The van der Waals surface area contributed by atoms with E-state index >= 15 is 0 Å². The summed E-state index contributed by atoms with van der Waals surface area (Å²) in [5.41, 5.74) is 3.89. The molecule has 3 aromatic carbocycles. The Bertz CT molecular complexity index is 1390. The first-order valence-corrected chi connectivity index (χ1v) is 9.01. The molecular weight excluding hydrogens is 375 g/mol. The maximum absolute atomic E-state index is 14.1. The number of nitrogens with zero attached hydrogens (tertiary/aromatic N) is 3. The lowest BCUT2D eigenvalue weighted by Gasteiger charge is -2.06. The van der Waals surface area contributed by atoms with Crippen LogP contribution in [0.5, 0.6) is 0 Å². The van der Waals surface area contributed by atoms with Crippen LogP contribution in [0.1, 0.15) is 5.56 Å². The van der Waals surface area contributed by atoms with Gasteiger partial charge in [-0.1, -0.05) is 35.9 Å². The molecule has 0 radical (unpaired) electrons. The summed E-state index contributed by atoms with van der Waals surface area (Å²) in [5, 5.41) is 5.76. The molecule has 0 unspecified atom stereocenters. The van der Waals surface area contributed by atoms with Crippen LogP contribution < -0.4 is 0 Å². The molecular formula is C23H14F3N3. The molecule has 0 aliphatic heterocycles. The molecule has 6 heteroatoms. The van der Waals surface area contributed by atoms with Gasteiger partial charge in [0.15, 0.2) is 11.6 Å². The van der Waals surface area contributed by atoms with Gasteiger partial charge in [-0.2, -0.15) is 5.10 Å². The van der Waals surface area contributed by atoms with E-state index in [2.05, 4.69) is 4.98 Å². The van der Waals surface area contributed by atoms with Crippen LogP contribution in [0.4, 0.5) is 13.2 Å². The summed E-state index contributed by atoms with van der Waals surface area (Å²) in [6, 6.07) is 15.9. The molecule has 142 valence electrons. The maximum Gasteiger partial charge on any atom is 0.161 e. The standard InChI is InChI=1S/C23H14F3N3/c1-13-5-7-14(8-6-13)22-18-12-27-21-11-20(26)19(25)10-17(21)23(18)29(28-22)16-4-2-3-15(24)9-16/h2-12H,1H3. The number of pyridine rings is 1. The number of aromatic nitrogens is 3. The molecule has 5 aromatic rings. The summed E-state index contributed by atoms with van der Waals surface area (Å²) >= 11 is 0. The van der Waals surface area contributed by atoms with E-state index in [9.17, 15) is 13.2 Å². The number of aryl methyl sites for hydroxylation is 1. The second-order valence-corrected chi connectivity index (χ2v) is 6.91. The zero-order chi connectivity index (χ0) is 20.1. The Morgan fingerprint density at radius 2 is 1.59 bits per heavy atom. The first-order valence-electron chi connectivity index (χ1n) is 9.01. The van der Waals surface area contributed by atoms with E-state index in [0.29, 0.717) is 33.2 Å². The van der Waals surface area contributed by atoms with Crippen LogP contribution in [-0.2, 0) is 0 Å². The van der Waals surface area contributed by atoms with E-state index in [1.165, 1.54) is 12.1 Å². The summed E-state index contributed by atoms with van der Waals surface area (Å²) in [4.78, 5) is 4.31. The van der Waals surface area contributed by atoms with E-state index < -0.39 is 17.5 Å². The largest absolute Gasteiger partial charge is 0.255 e. The quantitative estimate of drug-likeness (QED) is 0.373. The van der Waals surface area contributed by atoms with Crippen molar-refractivity contribution in [2.45, 2.75) is 6.92 Å². The highest BCUT2D eigenvalue weighted by atomic mass is 19.2. The van der Waals surface area contributed by atoms with Crippen molar-refractivity contribution in [3.63, 3.8) is 0 Å². The number of benzene rings is 3. The normalized spacial score (nSPS) is 11.4. The van der Waals surface area contributed by atoms with Gasteiger partial charge in [-0.25, -0.2) is 17.9 Å². The van der Waals surface area contributed by atoms with Crippen molar-refractivity contribution in [3.8, 4) is 16.9 Å². The highest BCUT2D eigenvalue weighted by Crippen LogP contribution is 2.34. The van der Waals surface area contributed by atoms with Crippen molar-refractivity contribution >= 4 is 21.8 Å². The minimum absolute atomic E-state index is 0.296. The van der Waals surface area contributed by atoms with Gasteiger partial charge >= 0.3 is 0 Å². The lowest BCUT2D eigenvalue weighted by Crippen LogP contribution is -1.98. The second-order valence-electron chi connectivity index (χ2n) is 6.91. The Morgan fingerprint density at radius 1 is 0.828 bits per heavy atom. The SMILES string of the molecule is Cc1ccc(-c2nn(-c3cccc(F)c3)c3c2cnc2cc(F)c(F)cc23)cc1. The van der Waals surface area contributed by atoms with Crippen LogP contribution in [0.2, 0.25) is 0 Å². The first-order chi connectivity index (χ1) is 14.0. The van der Waals surface area contributed by atoms with Crippen LogP contribution in [0.25, 0.3) is 38.8 Å². The molecule has 2 heterocycles. The Labute approximate surface area is 164 Å². The topological polar surface area (TPSA) is 30.7 Å². The molecule has 0 atom stereocenters. The van der Waals surface area contributed by atoms with Crippen molar-refractivity contribution in [2.24, 2.45) is 0 Å². The van der Waals surface area contributed by atoms with Crippen molar-refractivity contribution < 1.29 is 13.2 Å². The fraction of sp³-hybridized carbons (Fsp3) is 0.0435. The fourth-order valence-electron chi connectivity index (χ4n) is 3.50. The van der Waals surface area contributed by atoms with Gasteiger partial charge in [-0.3, -0.25) is 4.98 Å². The highest BCUT2D eigenvalue weighted by molar-refractivity contribution is 6.08. The molecule has 0 saturated heterocycles. The van der Waals surface area contributed by atoms with Gasteiger partial charge in [-0.15, -0.1) is 0 Å². The van der Waals surface area contributed by atoms with Crippen molar-refractivity contribution in [1.29, 1.82) is 0 Å². The number of rotatable bonds is 2. The van der Waals surface area contributed by atoms with Crippen LogP contribution in [0, 0.1) is 24.4 Å². The van der Waals surface area contributed by atoms with E-state index in [1.54, 1.807) is 23.0 Å². The summed E-state index contributed by atoms with van der Waals surface area (Å²) in [5.74, 6) is -2.37. The molecule has 5 rings (SSSR count). The summed E-state index contributed by atoms with van der Waals surface area (Å²) in [6.07, 6.45) is 1.59. The Balaban J connectivity index is 1.92. The zero-order valence-electron chi connectivity index (χ0n) is 15.3. The third-order valence-electron chi connectivity index (χ3n) is 4.93. The number of hydrogen-bond acceptors (Lipinski definition) is 2. The van der Waals surface area contributed by atoms with E-state index in [0.717, 1.165) is 23.3 Å². The predicted molar refractivity (Wildman–Crippen MR) is 106 cm³/mol. The molecule has 0 N–H and O–H groups in total. The van der Waals surface area contributed by atoms with E-state index in [4.69, 9.17) is 5.10 Å². The van der Waals surface area contributed by atoms with E-state index in [1.807, 2.05) is 31.2 Å². The predicted octanol–water partition coefficient (Wildman–Crippen LogP) is 5.97. The Hall–Kier alpha value is -3.67. The molecule has 0 aliphatic rings. The minimum Gasteiger partial charge on any atom is -0.255 e. The van der Waals surface area contributed by atoms with Gasteiger partial charge < -0.3 is 0 Å². The van der Waals surface area contributed by atoms with Gasteiger partial charge in [-0.05, 0) is 31.2 Å². The van der Waals surface area contributed by atoms with Gasteiger partial charge in [0, 0.05) is 28.6 Å². The molecule has 0 aliphatic carbocycles. The maximum atomic E-state index is 14.1. The van der Waals surface area contributed by atoms with Crippen molar-refractivity contribution in [1.82, 2.24) is 14.8 Å². The summed E-state index contributed by atoms with van der Waals surface area (Å²) in [7, 11) is 0. The zero-order valence-corrected chi connectivity index (χ0v) is 15.3. The lowest BCUT2D eigenvalue weighted by atomic mass is 10.1. The smallest absolute Gasteiger partial charge is 0.161 e. The van der Waals surface area contributed by atoms with Gasteiger partial charge in [0.05, 0.1) is 16.7 Å². The van der Waals surface area contributed by atoms with Crippen LogP contribution in [0.3, 0.4) is 0 Å². The summed E-state index contributed by atoms with van der Waals surface area (Å²) in [6.45, 7) is 1.99. The molecule has 0 saturated carbocycles. The van der Waals surface area contributed by atoms with Gasteiger partial charge in [0.2, 0.25) is 0 Å². The molecule has 0 amide bonds. The van der Waals surface area contributed by atoms with Crippen molar-refractivity contribution in [3.05, 3.63) is 89.9 Å². The number of halogens is 3. The number of hydrogen-bond donors (Lipinski definition) is 0. The average Bonchev–Trinajstić information content (AvgIpc) is 3.10. The molecule has 29 heavy (non-hydrogen) atoms. The van der Waals surface area contributed by atoms with Gasteiger partial charge in [0.1, 0.15) is 11.5 Å². The van der Waals surface area contributed by atoms with Crippen molar-refractivity contribution in [2.75, 3.05) is 0 Å². The van der Waals surface area contributed by atoms with Crippen LogP contribution >= 0.6 is 0 Å². The van der Waals surface area contributed by atoms with Crippen LogP contribution in [0.15, 0.2) is 66.9 Å². The third-order valence-corrected chi connectivity index (χ3v) is 4.93. The second kappa shape index (κ2) is 6.44. The third kappa shape index (κ3) is 2.84. The molecule has 0 fully saturated rings. The lowest BCUT2D eigenvalue weighted by molar-refractivity contribution is 0.511. The number of fused-ring (bicyclic) bond motifs is 3. The monoisotopic (exact) mass is 389 g/mol.